The summed E-state index contributed by atoms with van der Waals surface area (Å²) in [4.78, 5) is 0.770. The van der Waals surface area contributed by atoms with Crippen LogP contribution in [0.25, 0.3) is 6.08 Å². The highest BCUT2D eigenvalue weighted by Gasteiger charge is 2.30. The Hall–Kier alpha value is -1.13. The molecule has 15 heavy (non-hydrogen) atoms. The minimum absolute atomic E-state index is 0.135. The number of ether oxygens (including phenoxy) is 1. The van der Waals surface area contributed by atoms with Gasteiger partial charge in [-0.05, 0) is 24.1 Å². The van der Waals surface area contributed by atoms with Crippen LogP contribution >= 0.6 is 0 Å². The maximum absolute atomic E-state index is 12.0. The Morgan fingerprint density at radius 1 is 1.33 bits per heavy atom. The molecule has 0 atom stereocenters. The topological polar surface area (TPSA) is 43.4 Å². The molecule has 0 radical (unpaired) electrons. The van der Waals surface area contributed by atoms with Crippen LogP contribution in [-0.4, -0.2) is 22.1 Å². The Labute approximate surface area is 89.3 Å². The van der Waals surface area contributed by atoms with Gasteiger partial charge in [-0.3, -0.25) is 0 Å². The molecule has 1 heterocycles. The monoisotopic (exact) mass is 224 g/mol. The molecule has 0 aliphatic carbocycles. The molecule has 1 aromatic carbocycles. The molecule has 1 aromatic rings. The summed E-state index contributed by atoms with van der Waals surface area (Å²) in [6.45, 7) is 1.94. The molecule has 2 rings (SSSR count). The summed E-state index contributed by atoms with van der Waals surface area (Å²) in [5.41, 5.74) is 1.55. The molecule has 0 saturated carbocycles. The number of benzene rings is 1. The van der Waals surface area contributed by atoms with Gasteiger partial charge < -0.3 is 4.74 Å². The molecule has 3 nitrogen and oxygen atoms in total. The van der Waals surface area contributed by atoms with E-state index in [0.717, 1.165) is 11.1 Å². The normalized spacial score (nSPS) is 17.3. The van der Waals surface area contributed by atoms with Gasteiger partial charge in [-0.25, -0.2) is 8.42 Å². The maximum atomic E-state index is 12.0. The van der Waals surface area contributed by atoms with Crippen molar-refractivity contribution in [3.63, 3.8) is 0 Å². The first-order valence-electron chi connectivity index (χ1n) is 4.61. The first kappa shape index (κ1) is 10.4. The van der Waals surface area contributed by atoms with E-state index in [0.29, 0.717) is 9.80 Å². The third kappa shape index (κ3) is 1.50. The van der Waals surface area contributed by atoms with E-state index < -0.39 is 9.84 Å². The smallest absolute Gasteiger partial charge is 0.205 e. The molecule has 1 aliphatic heterocycles. The van der Waals surface area contributed by atoms with E-state index in [1.807, 2.05) is 12.1 Å². The molecule has 4 heteroatoms. The van der Waals surface area contributed by atoms with Crippen LogP contribution in [0.15, 0.2) is 28.0 Å². The van der Waals surface area contributed by atoms with Gasteiger partial charge in [0.25, 0.3) is 0 Å². The van der Waals surface area contributed by atoms with E-state index in [-0.39, 0.29) is 6.61 Å². The van der Waals surface area contributed by atoms with Crippen molar-refractivity contribution in [3.05, 3.63) is 34.2 Å². The molecule has 0 N–H and O–H groups in total. The minimum atomic E-state index is -3.30. The van der Waals surface area contributed by atoms with Crippen molar-refractivity contribution in [1.29, 1.82) is 0 Å². The van der Waals surface area contributed by atoms with E-state index in [9.17, 15) is 8.42 Å². The minimum Gasteiger partial charge on any atom is -0.379 e. The highest BCUT2D eigenvalue weighted by molar-refractivity contribution is 7.96. The van der Waals surface area contributed by atoms with Crippen LogP contribution in [0.4, 0.5) is 0 Å². The van der Waals surface area contributed by atoms with Gasteiger partial charge in [0.2, 0.25) is 9.84 Å². The van der Waals surface area contributed by atoms with Gasteiger partial charge in [-0.1, -0.05) is 18.2 Å². The summed E-state index contributed by atoms with van der Waals surface area (Å²) in [5.74, 6) is 0. The zero-order chi connectivity index (χ0) is 11.1. The van der Waals surface area contributed by atoms with E-state index in [4.69, 9.17) is 4.74 Å². The zero-order valence-corrected chi connectivity index (χ0v) is 9.47. The van der Waals surface area contributed by atoms with Gasteiger partial charge in [-0.15, -0.1) is 0 Å². The van der Waals surface area contributed by atoms with Crippen molar-refractivity contribution in [1.82, 2.24) is 0 Å². The maximum Gasteiger partial charge on any atom is 0.205 e. The quantitative estimate of drug-likeness (QED) is 0.769. The molecule has 0 spiro atoms. The molecule has 0 fully saturated rings. The Bertz CT molecular complexity index is 527. The number of hydrogen-bond donors (Lipinski definition) is 0. The van der Waals surface area contributed by atoms with Crippen molar-refractivity contribution < 1.29 is 13.2 Å². The molecule has 0 aromatic heterocycles. The summed E-state index contributed by atoms with van der Waals surface area (Å²) < 4.78 is 29.0. The molecule has 1 aliphatic rings. The van der Waals surface area contributed by atoms with Gasteiger partial charge >= 0.3 is 0 Å². The van der Waals surface area contributed by atoms with E-state index in [2.05, 4.69) is 0 Å². The van der Waals surface area contributed by atoms with Crippen LogP contribution < -0.4 is 0 Å². The lowest BCUT2D eigenvalue weighted by atomic mass is 10.1. The Morgan fingerprint density at radius 2 is 2.07 bits per heavy atom. The average Bonchev–Trinajstić information content (AvgIpc) is 2.40. The van der Waals surface area contributed by atoms with E-state index >= 15 is 0 Å². The number of hydrogen-bond acceptors (Lipinski definition) is 3. The molecule has 0 unspecified atom stereocenters. The van der Waals surface area contributed by atoms with Crippen molar-refractivity contribution in [2.45, 2.75) is 11.8 Å². The number of aryl methyl sites for hydroxylation is 1. The Kier molecular flexibility index (Phi) is 2.40. The van der Waals surface area contributed by atoms with Crippen molar-refractivity contribution in [2.75, 3.05) is 13.7 Å². The van der Waals surface area contributed by atoms with E-state index in [1.54, 1.807) is 19.1 Å². The first-order valence-corrected chi connectivity index (χ1v) is 6.10. The lowest BCUT2D eigenvalue weighted by Gasteiger charge is -2.05. The fourth-order valence-corrected chi connectivity index (χ4v) is 3.55. The van der Waals surface area contributed by atoms with Crippen LogP contribution in [0.2, 0.25) is 0 Å². The van der Waals surface area contributed by atoms with E-state index in [1.165, 1.54) is 7.11 Å². The van der Waals surface area contributed by atoms with Gasteiger partial charge in [-0.2, -0.15) is 0 Å². The third-order valence-electron chi connectivity index (χ3n) is 2.46. The molecular formula is C11H12O3S. The summed E-state index contributed by atoms with van der Waals surface area (Å²) >= 11 is 0. The van der Waals surface area contributed by atoms with Gasteiger partial charge in [0.15, 0.2) is 0 Å². The highest BCUT2D eigenvalue weighted by atomic mass is 32.2. The fraction of sp³-hybridized carbons (Fsp3) is 0.273. The molecular weight excluding hydrogens is 212 g/mol. The van der Waals surface area contributed by atoms with Gasteiger partial charge in [0.05, 0.1) is 16.4 Å². The molecule has 0 saturated heterocycles. The molecule has 0 amide bonds. The summed E-state index contributed by atoms with van der Waals surface area (Å²) in [6.07, 6.45) is 1.68. The SMILES string of the molecule is COCC1=Cc2cccc(C)c2S1(=O)=O. The molecule has 80 valence electrons. The van der Waals surface area contributed by atoms with Gasteiger partial charge in [0, 0.05) is 7.11 Å². The fourth-order valence-electron chi connectivity index (χ4n) is 1.80. The highest BCUT2D eigenvalue weighted by Crippen LogP contribution is 2.34. The third-order valence-corrected chi connectivity index (χ3v) is 4.48. The zero-order valence-electron chi connectivity index (χ0n) is 8.65. The number of fused-ring (bicyclic) bond motifs is 1. The van der Waals surface area contributed by atoms with Gasteiger partial charge in [0.1, 0.15) is 0 Å². The summed E-state index contributed by atoms with van der Waals surface area (Å²) in [5, 5.41) is 0. The summed E-state index contributed by atoms with van der Waals surface area (Å²) in [6, 6.07) is 5.47. The van der Waals surface area contributed by atoms with Crippen LogP contribution in [-0.2, 0) is 14.6 Å². The predicted octanol–water partition coefficient (Wildman–Crippen LogP) is 1.77. The number of sulfone groups is 1. The summed E-state index contributed by atoms with van der Waals surface area (Å²) in [7, 11) is -1.81. The average molecular weight is 224 g/mol. The second kappa shape index (κ2) is 3.47. The van der Waals surface area contributed by atoms with Crippen LogP contribution in [0.3, 0.4) is 0 Å². The van der Waals surface area contributed by atoms with Crippen molar-refractivity contribution in [3.8, 4) is 0 Å². The number of rotatable bonds is 2. The van der Waals surface area contributed by atoms with Crippen molar-refractivity contribution in [2.24, 2.45) is 0 Å². The second-order valence-electron chi connectivity index (χ2n) is 3.54. The van der Waals surface area contributed by atoms with Crippen molar-refractivity contribution >= 4 is 15.9 Å². The Morgan fingerprint density at radius 3 is 2.67 bits per heavy atom. The lowest BCUT2D eigenvalue weighted by molar-refractivity contribution is 0.231. The molecule has 0 bridgehead atoms. The second-order valence-corrected chi connectivity index (χ2v) is 5.48. The largest absolute Gasteiger partial charge is 0.379 e. The number of methoxy groups -OCH3 is 1. The predicted molar refractivity (Wildman–Crippen MR) is 58.2 cm³/mol. The van der Waals surface area contributed by atoms with Crippen LogP contribution in [0, 0.1) is 6.92 Å². The van der Waals surface area contributed by atoms with Crippen LogP contribution in [0.5, 0.6) is 0 Å². The lowest BCUT2D eigenvalue weighted by Crippen LogP contribution is -2.06. The first-order chi connectivity index (χ1) is 7.07. The van der Waals surface area contributed by atoms with Crippen LogP contribution in [0.1, 0.15) is 11.1 Å². The standard InChI is InChI=1S/C11H12O3S/c1-8-4-3-5-9-6-10(7-14-2)15(12,13)11(8)9/h3-6H,7H2,1-2H3. The Balaban J connectivity index is 2.64.